The molecule has 0 atom stereocenters. The van der Waals surface area contributed by atoms with Crippen molar-refractivity contribution in [2.45, 2.75) is 48.0 Å². The molecule has 0 aromatic heterocycles. The van der Waals surface area contributed by atoms with Gasteiger partial charge in [0.2, 0.25) is 0 Å². The van der Waals surface area contributed by atoms with Crippen LogP contribution in [0, 0.1) is 12.3 Å². The van der Waals surface area contributed by atoms with E-state index in [4.69, 9.17) is 5.41 Å². The van der Waals surface area contributed by atoms with E-state index in [0.29, 0.717) is 0 Å². The van der Waals surface area contributed by atoms with Crippen molar-refractivity contribution in [3.05, 3.63) is 47.5 Å². The van der Waals surface area contributed by atoms with E-state index >= 15 is 0 Å². The van der Waals surface area contributed by atoms with Gasteiger partial charge in [0.15, 0.2) is 0 Å². The second kappa shape index (κ2) is 15.4. The van der Waals surface area contributed by atoms with Crippen LogP contribution in [0.4, 0.5) is 0 Å². The normalized spacial score (nSPS) is 10.2. The van der Waals surface area contributed by atoms with Gasteiger partial charge in [0.1, 0.15) is 0 Å². The highest BCUT2D eigenvalue weighted by Gasteiger charge is 2.01. The van der Waals surface area contributed by atoms with Crippen molar-refractivity contribution in [3.63, 3.8) is 0 Å². The van der Waals surface area contributed by atoms with Gasteiger partial charge in [-0.05, 0) is 45.5 Å². The molecule has 1 aromatic rings. The molecule has 2 heteroatoms. The third kappa shape index (κ3) is 10.2. The van der Waals surface area contributed by atoms with Crippen LogP contribution in [-0.4, -0.2) is 18.5 Å². The average Bonchev–Trinajstić information content (AvgIpc) is 2.41. The van der Waals surface area contributed by atoms with Crippen LogP contribution in [0.5, 0.6) is 0 Å². The molecule has 0 spiro atoms. The number of nitrogens with zero attached hydrogens (tertiary/aromatic N) is 1. The van der Waals surface area contributed by atoms with Crippen LogP contribution >= 0.6 is 0 Å². The summed E-state index contributed by atoms with van der Waals surface area (Å²) < 4.78 is 0. The molecule has 0 heterocycles. The first-order valence-electron chi connectivity index (χ1n) is 7.30. The third-order valence-corrected chi connectivity index (χ3v) is 2.07. The number of hydrogen-bond donors (Lipinski definition) is 1. The molecule has 20 heavy (non-hydrogen) atoms. The fourth-order valence-electron chi connectivity index (χ4n) is 1.42. The number of benzene rings is 1. The van der Waals surface area contributed by atoms with Crippen LogP contribution in [0.2, 0.25) is 0 Å². The smallest absolute Gasteiger partial charge is 0.0645 e. The zero-order valence-corrected chi connectivity index (χ0v) is 13.9. The van der Waals surface area contributed by atoms with Crippen molar-refractivity contribution >= 4 is 11.9 Å². The summed E-state index contributed by atoms with van der Waals surface area (Å²) in [5, 5.41) is 6.08. The van der Waals surface area contributed by atoms with Crippen LogP contribution in [-0.2, 0) is 0 Å². The van der Waals surface area contributed by atoms with E-state index in [0.717, 1.165) is 12.3 Å². The molecule has 1 N–H and O–H groups in total. The van der Waals surface area contributed by atoms with Gasteiger partial charge in [-0.25, -0.2) is 0 Å². The predicted molar refractivity (Wildman–Crippen MR) is 93.5 cm³/mol. The van der Waals surface area contributed by atoms with Gasteiger partial charge >= 0.3 is 0 Å². The second-order valence-electron chi connectivity index (χ2n) is 4.17. The molecule has 0 saturated heterocycles. The number of nitrogens with one attached hydrogen (secondary N) is 1. The van der Waals surface area contributed by atoms with E-state index in [1.54, 1.807) is 6.92 Å². The zero-order chi connectivity index (χ0) is 15.8. The molecule has 0 bridgehead atoms. The maximum atomic E-state index is 6.08. The van der Waals surface area contributed by atoms with E-state index in [-0.39, 0.29) is 0 Å². The summed E-state index contributed by atoms with van der Waals surface area (Å²) in [5.41, 5.74) is 3.58. The van der Waals surface area contributed by atoms with Gasteiger partial charge in [0.05, 0.1) is 5.71 Å². The number of allylic oxidation sites excluding steroid dienone is 2. The minimum absolute atomic E-state index is 0.827. The summed E-state index contributed by atoms with van der Waals surface area (Å²) in [6, 6.07) is 8.34. The van der Waals surface area contributed by atoms with Gasteiger partial charge in [-0.15, -0.1) is 0 Å². The molecule has 1 rings (SSSR count). The average molecular weight is 274 g/mol. The number of aliphatic imine (C=N–C) groups is 1. The Morgan fingerprint density at radius 3 is 2.05 bits per heavy atom. The molecule has 0 aliphatic carbocycles. The molecule has 0 aliphatic heterocycles. The highest BCUT2D eigenvalue weighted by molar-refractivity contribution is 6.09. The summed E-state index contributed by atoms with van der Waals surface area (Å²) in [4.78, 5) is 4.47. The zero-order valence-electron chi connectivity index (χ0n) is 13.9. The van der Waals surface area contributed by atoms with Gasteiger partial charge < -0.3 is 5.41 Å². The highest BCUT2D eigenvalue weighted by Crippen LogP contribution is 2.09. The van der Waals surface area contributed by atoms with Gasteiger partial charge in [-0.1, -0.05) is 50.6 Å². The molecule has 0 aliphatic rings. The lowest BCUT2D eigenvalue weighted by atomic mass is 10.0. The van der Waals surface area contributed by atoms with Crippen LogP contribution in [0.3, 0.4) is 0 Å². The quantitative estimate of drug-likeness (QED) is 0.711. The minimum Gasteiger partial charge on any atom is -0.313 e. The Morgan fingerprint density at radius 1 is 1.15 bits per heavy atom. The van der Waals surface area contributed by atoms with Crippen molar-refractivity contribution in [1.82, 2.24) is 0 Å². The first kappa shape index (κ1) is 20.6. The van der Waals surface area contributed by atoms with Gasteiger partial charge in [-0.2, -0.15) is 0 Å². The molecular weight excluding hydrogens is 244 g/mol. The molecule has 2 nitrogen and oxygen atoms in total. The first-order chi connectivity index (χ1) is 9.62. The van der Waals surface area contributed by atoms with Crippen molar-refractivity contribution in [1.29, 1.82) is 5.41 Å². The van der Waals surface area contributed by atoms with E-state index in [1.807, 2.05) is 13.0 Å². The monoisotopic (exact) mass is 274 g/mol. The largest absolute Gasteiger partial charge is 0.313 e. The van der Waals surface area contributed by atoms with E-state index < -0.39 is 0 Å². The Kier molecular flexibility index (Phi) is 15.8. The Balaban J connectivity index is 0. The van der Waals surface area contributed by atoms with Crippen molar-refractivity contribution in [3.8, 4) is 0 Å². The summed E-state index contributed by atoms with van der Waals surface area (Å²) in [7, 11) is 0. The molecule has 0 unspecified atom stereocenters. The van der Waals surface area contributed by atoms with Gasteiger partial charge in [0, 0.05) is 12.1 Å². The molecule has 0 amide bonds. The Labute approximate surface area is 125 Å². The third-order valence-electron chi connectivity index (χ3n) is 2.07. The summed E-state index contributed by atoms with van der Waals surface area (Å²) >= 11 is 0. The Bertz CT molecular complexity index is 404. The van der Waals surface area contributed by atoms with Gasteiger partial charge in [-0.3, -0.25) is 4.99 Å². The summed E-state index contributed by atoms with van der Waals surface area (Å²) in [6.45, 7) is 12.9. The van der Waals surface area contributed by atoms with Crippen molar-refractivity contribution in [2.24, 2.45) is 4.99 Å². The predicted octanol–water partition coefficient (Wildman–Crippen LogP) is 5.45. The number of aryl methyl sites for hydroxylation is 1. The van der Waals surface area contributed by atoms with Crippen LogP contribution in [0.1, 0.15) is 52.2 Å². The molecule has 0 saturated carbocycles. The number of rotatable bonds is 3. The van der Waals surface area contributed by atoms with E-state index in [2.05, 4.69) is 63.0 Å². The lowest BCUT2D eigenvalue weighted by molar-refractivity contribution is 1.09. The lowest BCUT2D eigenvalue weighted by Crippen LogP contribution is -2.00. The first-order valence-corrected chi connectivity index (χ1v) is 7.30. The molecular formula is C18H30N2. The fourth-order valence-corrected chi connectivity index (χ4v) is 1.42. The van der Waals surface area contributed by atoms with E-state index in [1.165, 1.54) is 23.8 Å². The molecule has 1 aromatic carbocycles. The molecule has 0 radical (unpaired) electrons. The van der Waals surface area contributed by atoms with Crippen molar-refractivity contribution < 1.29 is 0 Å². The Morgan fingerprint density at radius 2 is 1.65 bits per heavy atom. The molecule has 0 fully saturated rings. The number of hydrogen-bond acceptors (Lipinski definition) is 2. The van der Waals surface area contributed by atoms with Crippen LogP contribution in [0.15, 0.2) is 41.4 Å². The topological polar surface area (TPSA) is 36.2 Å². The highest BCUT2D eigenvalue weighted by atomic mass is 14.7. The van der Waals surface area contributed by atoms with E-state index in [9.17, 15) is 0 Å². The second-order valence-corrected chi connectivity index (χ2v) is 4.17. The fraction of sp³-hybridized carbons (Fsp3) is 0.444. The van der Waals surface area contributed by atoms with Gasteiger partial charge in [0.25, 0.3) is 0 Å². The lowest BCUT2D eigenvalue weighted by Gasteiger charge is -2.04. The minimum atomic E-state index is 0.827. The van der Waals surface area contributed by atoms with Crippen molar-refractivity contribution in [2.75, 3.05) is 6.54 Å². The summed E-state index contributed by atoms with van der Waals surface area (Å²) in [6.07, 6.45) is 6.59. The maximum Gasteiger partial charge on any atom is 0.0645 e. The van der Waals surface area contributed by atoms with Crippen LogP contribution in [0.25, 0.3) is 0 Å². The molecule has 112 valence electrons. The maximum absolute atomic E-state index is 6.08. The Hall–Kier alpha value is -1.70. The SMILES string of the molecule is C/C=C\C(=NCC)c1ccccc1C.CC=N.CCC. The standard InChI is InChI=1S/C13H17N.C3H8.C2H5N/c1-4-8-13(14-5-2)12-10-7-6-9-11(12)3;1-3-2;1-2-3/h4,6-10H,5H2,1-3H3;3H2,1-2H3;2-3H,1H3/b8-4-,14-13?;;. The summed E-state index contributed by atoms with van der Waals surface area (Å²) in [5.74, 6) is 0. The van der Waals surface area contributed by atoms with Crippen LogP contribution < -0.4 is 0 Å².